The molecule has 1 unspecified atom stereocenters. The maximum atomic E-state index is 11.9. The lowest BCUT2D eigenvalue weighted by molar-refractivity contribution is 0.312. The van der Waals surface area contributed by atoms with Gasteiger partial charge in [0.1, 0.15) is 5.75 Å². The van der Waals surface area contributed by atoms with Gasteiger partial charge in [-0.25, -0.2) is 13.1 Å². The lowest BCUT2D eigenvalue weighted by Crippen LogP contribution is -2.20. The minimum atomic E-state index is -3.88. The van der Waals surface area contributed by atoms with Crippen LogP contribution in [0.1, 0.15) is 12.0 Å². The molecule has 27 heavy (non-hydrogen) atoms. The smallest absolute Gasteiger partial charge is 0.326 e. The van der Waals surface area contributed by atoms with Crippen molar-refractivity contribution in [1.82, 2.24) is 14.0 Å². The number of nitrogens with zero attached hydrogens (tertiary/aromatic N) is 2. The van der Waals surface area contributed by atoms with E-state index >= 15 is 0 Å². The van der Waals surface area contributed by atoms with E-state index in [4.69, 9.17) is 10.5 Å². The predicted octanol–water partition coefficient (Wildman–Crippen LogP) is 0.664. The number of nitrogens with two attached hydrogens (primary N) is 1. The molecule has 0 saturated carbocycles. The van der Waals surface area contributed by atoms with Gasteiger partial charge in [-0.3, -0.25) is 4.99 Å². The molecule has 9 nitrogen and oxygen atoms in total. The number of nitrogen functional groups attached to an aromatic ring is 1. The number of benzene rings is 1. The van der Waals surface area contributed by atoms with Gasteiger partial charge in [0.05, 0.1) is 17.6 Å². The van der Waals surface area contributed by atoms with E-state index in [9.17, 15) is 13.0 Å². The Morgan fingerprint density at radius 2 is 2.15 bits per heavy atom. The molecule has 1 heterocycles. The van der Waals surface area contributed by atoms with E-state index in [0.717, 1.165) is 17.9 Å². The van der Waals surface area contributed by atoms with Crippen molar-refractivity contribution >= 4 is 26.7 Å². The summed E-state index contributed by atoms with van der Waals surface area (Å²) >= 11 is 0. The highest BCUT2D eigenvalue weighted by Crippen LogP contribution is 2.25. The molecule has 2 aromatic rings. The lowest BCUT2D eigenvalue weighted by atomic mass is 10.2. The van der Waals surface area contributed by atoms with Gasteiger partial charge in [-0.1, -0.05) is 12.1 Å². The van der Waals surface area contributed by atoms with Crippen molar-refractivity contribution in [3.8, 4) is 5.75 Å². The van der Waals surface area contributed by atoms with Crippen LogP contribution >= 0.6 is 10.9 Å². The second-order valence-corrected chi connectivity index (χ2v) is 9.33. The van der Waals surface area contributed by atoms with Crippen LogP contribution in [-0.2, 0) is 16.6 Å². The Morgan fingerprint density at radius 3 is 2.81 bits per heavy atom. The SMILES string of the molecule is CNS(=O)(=O)c1c(N)c(=NCCCOc2cccc(CN(C)C)c2)[nH][s+]1[O-]. The van der Waals surface area contributed by atoms with Crippen LogP contribution < -0.4 is 20.7 Å². The molecular formula is C16H25N5O4S2. The van der Waals surface area contributed by atoms with Gasteiger partial charge in [-0.05, 0) is 38.8 Å². The fourth-order valence-corrected chi connectivity index (χ4v) is 4.87. The van der Waals surface area contributed by atoms with E-state index in [2.05, 4.69) is 19.0 Å². The summed E-state index contributed by atoms with van der Waals surface area (Å²) in [7, 11) is -0.590. The number of aromatic nitrogens is 1. The summed E-state index contributed by atoms with van der Waals surface area (Å²) in [6, 6.07) is 7.86. The van der Waals surface area contributed by atoms with Crippen molar-refractivity contribution in [2.45, 2.75) is 17.2 Å². The van der Waals surface area contributed by atoms with Gasteiger partial charge in [-0.2, -0.15) is 4.37 Å². The first-order chi connectivity index (χ1) is 12.7. The molecule has 0 spiro atoms. The highest BCUT2D eigenvalue weighted by Gasteiger charge is 2.29. The molecule has 1 aromatic heterocycles. The van der Waals surface area contributed by atoms with Gasteiger partial charge >= 0.3 is 4.21 Å². The normalized spacial score (nSPS) is 13.4. The van der Waals surface area contributed by atoms with Gasteiger partial charge in [0.2, 0.25) is 0 Å². The first-order valence-electron chi connectivity index (χ1n) is 8.27. The quantitative estimate of drug-likeness (QED) is 0.407. The zero-order valence-corrected chi connectivity index (χ0v) is 17.2. The van der Waals surface area contributed by atoms with Crippen molar-refractivity contribution in [2.24, 2.45) is 4.99 Å². The summed E-state index contributed by atoms with van der Waals surface area (Å²) < 4.78 is 45.5. The topological polar surface area (TPSA) is 136 Å². The summed E-state index contributed by atoms with van der Waals surface area (Å²) in [5, 5.41) is 0. The monoisotopic (exact) mass is 415 g/mol. The standard InChI is InChI=1S/C16H25N5O4S2/c1-18-27(23,24)16-14(17)15(20-26(16)22)19-8-5-9-25-13-7-4-6-12(10-13)11-21(2)3/h4,6-7,10,18H,5,8-9,11,17H2,1-3H3,(H,19,20). The Morgan fingerprint density at radius 1 is 1.41 bits per heavy atom. The molecule has 0 saturated heterocycles. The van der Waals surface area contributed by atoms with Crippen LogP contribution in [0.4, 0.5) is 5.69 Å². The number of anilines is 1. The largest absolute Gasteiger partial charge is 0.569 e. The number of H-pyrrole nitrogens is 1. The molecule has 11 heteroatoms. The second kappa shape index (κ2) is 9.33. The van der Waals surface area contributed by atoms with Crippen LogP contribution in [0.25, 0.3) is 0 Å². The molecule has 0 bridgehead atoms. The Balaban J connectivity index is 1.95. The van der Waals surface area contributed by atoms with Gasteiger partial charge in [0.15, 0.2) is 11.2 Å². The average molecular weight is 416 g/mol. The van der Waals surface area contributed by atoms with Crippen molar-refractivity contribution in [3.05, 3.63) is 35.3 Å². The minimum Gasteiger partial charge on any atom is -0.569 e. The molecule has 4 N–H and O–H groups in total. The van der Waals surface area contributed by atoms with Crippen LogP contribution in [0.15, 0.2) is 33.5 Å². The molecule has 150 valence electrons. The van der Waals surface area contributed by atoms with Gasteiger partial charge in [-0.15, -0.1) is 0 Å². The van der Waals surface area contributed by atoms with E-state index in [1.54, 1.807) is 0 Å². The third kappa shape index (κ3) is 5.78. The number of sulfonamides is 1. The molecule has 0 fully saturated rings. The van der Waals surface area contributed by atoms with Crippen molar-refractivity contribution < 1.29 is 17.7 Å². The lowest BCUT2D eigenvalue weighted by Gasteiger charge is -2.11. The van der Waals surface area contributed by atoms with Crippen molar-refractivity contribution in [3.63, 3.8) is 0 Å². The summed E-state index contributed by atoms with van der Waals surface area (Å²) in [5.74, 6) is 0.781. The Hall–Kier alpha value is -1.92. The molecule has 0 aliphatic rings. The maximum absolute atomic E-state index is 11.9. The Labute approximate surface area is 161 Å². The maximum Gasteiger partial charge on any atom is 0.326 e. The molecule has 1 aromatic carbocycles. The van der Waals surface area contributed by atoms with E-state index in [1.165, 1.54) is 7.05 Å². The first kappa shape index (κ1) is 21.4. The fourth-order valence-electron chi connectivity index (χ4n) is 2.38. The van der Waals surface area contributed by atoms with E-state index < -0.39 is 25.2 Å². The van der Waals surface area contributed by atoms with Crippen LogP contribution in [0, 0.1) is 0 Å². The van der Waals surface area contributed by atoms with Crippen LogP contribution in [0.3, 0.4) is 0 Å². The van der Waals surface area contributed by atoms with Crippen LogP contribution in [-0.4, -0.2) is 56.5 Å². The third-order valence-electron chi connectivity index (χ3n) is 3.58. The van der Waals surface area contributed by atoms with E-state index in [-0.39, 0.29) is 11.2 Å². The molecule has 0 aliphatic carbocycles. The summed E-state index contributed by atoms with van der Waals surface area (Å²) in [5.41, 5.74) is 6.93. The molecule has 0 radical (unpaired) electrons. The highest BCUT2D eigenvalue weighted by atomic mass is 32.3. The van der Waals surface area contributed by atoms with E-state index in [1.807, 2.05) is 38.4 Å². The fraction of sp³-hybridized carbons (Fsp3) is 0.438. The number of hydrogen-bond acceptors (Lipinski definition) is 7. The Bertz CT molecular complexity index is 935. The first-order valence-corrected chi connectivity index (χ1v) is 10.9. The number of aromatic amines is 1. The number of hydrogen-bond donors (Lipinski definition) is 3. The van der Waals surface area contributed by atoms with Crippen LogP contribution in [0.5, 0.6) is 5.75 Å². The van der Waals surface area contributed by atoms with Crippen molar-refractivity contribution in [2.75, 3.05) is 40.0 Å². The number of rotatable bonds is 9. The number of nitrogens with one attached hydrogen (secondary N) is 2. The zero-order valence-electron chi connectivity index (χ0n) is 15.6. The highest BCUT2D eigenvalue weighted by molar-refractivity contribution is 7.92. The Kier molecular flexibility index (Phi) is 7.39. The average Bonchev–Trinajstić information content (AvgIpc) is 2.88. The molecule has 0 aliphatic heterocycles. The summed E-state index contributed by atoms with van der Waals surface area (Å²) in [4.78, 5) is 6.27. The van der Waals surface area contributed by atoms with Gasteiger partial charge in [0, 0.05) is 19.5 Å². The number of ether oxygens (including phenoxy) is 1. The van der Waals surface area contributed by atoms with Crippen molar-refractivity contribution in [1.29, 1.82) is 0 Å². The molecular weight excluding hydrogens is 390 g/mol. The molecule has 2 rings (SSSR count). The summed E-state index contributed by atoms with van der Waals surface area (Å²) in [6.45, 7) is 1.62. The van der Waals surface area contributed by atoms with E-state index in [0.29, 0.717) is 19.6 Å². The second-order valence-electron chi connectivity index (χ2n) is 6.10. The van der Waals surface area contributed by atoms with Gasteiger partial charge in [0.25, 0.3) is 10.0 Å². The van der Waals surface area contributed by atoms with Gasteiger partial charge < -0.3 is 19.9 Å². The minimum absolute atomic E-state index is 0.120. The summed E-state index contributed by atoms with van der Waals surface area (Å²) in [6.07, 6.45) is 0.594. The van der Waals surface area contributed by atoms with Crippen LogP contribution in [0.2, 0.25) is 0 Å². The third-order valence-corrected chi connectivity index (χ3v) is 6.88. The molecule has 0 amide bonds. The molecule has 1 atom stereocenters. The predicted molar refractivity (Wildman–Crippen MR) is 104 cm³/mol. The zero-order chi connectivity index (χ0) is 20.0.